The monoisotopic (exact) mass is 336 g/mol. The number of nitrogens with zero attached hydrogens (tertiary/aromatic N) is 2. The predicted molar refractivity (Wildman–Crippen MR) is 88.4 cm³/mol. The Labute approximate surface area is 139 Å². The van der Waals surface area contributed by atoms with Gasteiger partial charge in [-0.15, -0.1) is 0 Å². The van der Waals surface area contributed by atoms with Crippen LogP contribution in [0.4, 0.5) is 0 Å². The van der Waals surface area contributed by atoms with Crippen LogP contribution < -0.4 is 0 Å². The van der Waals surface area contributed by atoms with Gasteiger partial charge in [0.05, 0.1) is 23.1 Å². The molecule has 0 amide bonds. The molecule has 4 nitrogen and oxygen atoms in total. The lowest BCUT2D eigenvalue weighted by Crippen LogP contribution is -2.18. The summed E-state index contributed by atoms with van der Waals surface area (Å²) in [5, 5.41) is 6.00. The first-order chi connectivity index (χ1) is 11.1. The number of benzene rings is 1. The molecular weight excluding hydrogens is 321 g/mol. The molecule has 0 aliphatic carbocycles. The van der Waals surface area contributed by atoms with Crippen molar-refractivity contribution in [1.29, 1.82) is 0 Å². The van der Waals surface area contributed by atoms with Crippen LogP contribution in [-0.2, 0) is 4.74 Å². The minimum atomic E-state index is -0.00351. The highest BCUT2D eigenvalue weighted by atomic mass is 35.5. The molecule has 1 atom stereocenters. The molecule has 6 heteroatoms. The van der Waals surface area contributed by atoms with Gasteiger partial charge in [0.1, 0.15) is 6.23 Å². The van der Waals surface area contributed by atoms with E-state index in [4.69, 9.17) is 29.3 Å². The van der Waals surface area contributed by atoms with Gasteiger partial charge in [-0.25, -0.2) is 4.68 Å². The van der Waals surface area contributed by atoms with E-state index in [-0.39, 0.29) is 6.23 Å². The topological polar surface area (TPSA) is 42.8 Å². The fourth-order valence-electron chi connectivity index (χ4n) is 2.86. The largest absolute Gasteiger partial charge is 0.359 e. The number of rotatable bonds is 2. The van der Waals surface area contributed by atoms with Crippen LogP contribution in [0, 0.1) is 0 Å². The van der Waals surface area contributed by atoms with Gasteiger partial charge in [-0.3, -0.25) is 0 Å². The highest BCUT2D eigenvalue weighted by Gasteiger charge is 2.18. The van der Waals surface area contributed by atoms with Gasteiger partial charge < -0.3 is 9.72 Å². The molecule has 1 aliphatic rings. The zero-order valence-corrected chi connectivity index (χ0v) is 13.3. The van der Waals surface area contributed by atoms with Gasteiger partial charge >= 0.3 is 0 Å². The first-order valence-corrected chi connectivity index (χ1v) is 8.02. The SMILES string of the molecule is [2H]c1cc(Cl)c(Cl)c2[nH]cc(-c3cnn(C4CCCCO4)c3)c12. The number of fused-ring (bicyclic) bond motifs is 1. The van der Waals surface area contributed by atoms with Crippen molar-refractivity contribution < 1.29 is 6.11 Å². The van der Waals surface area contributed by atoms with Crippen LogP contribution in [0.25, 0.3) is 22.0 Å². The average Bonchev–Trinajstić information content (AvgIpc) is 3.20. The number of nitrogens with one attached hydrogen (secondary N) is 1. The third kappa shape index (κ3) is 2.32. The Morgan fingerprint density at radius 1 is 1.41 bits per heavy atom. The number of hydrogen-bond acceptors (Lipinski definition) is 2. The Kier molecular flexibility index (Phi) is 3.32. The Morgan fingerprint density at radius 3 is 3.14 bits per heavy atom. The number of halogens is 2. The van der Waals surface area contributed by atoms with Gasteiger partial charge in [0.15, 0.2) is 0 Å². The molecule has 22 heavy (non-hydrogen) atoms. The molecule has 1 saturated heterocycles. The summed E-state index contributed by atoms with van der Waals surface area (Å²) in [5.41, 5.74) is 2.50. The summed E-state index contributed by atoms with van der Waals surface area (Å²) >= 11 is 12.3. The van der Waals surface area contributed by atoms with E-state index in [0.29, 0.717) is 21.6 Å². The van der Waals surface area contributed by atoms with Crippen molar-refractivity contribution >= 4 is 34.1 Å². The number of H-pyrrole nitrogens is 1. The third-order valence-electron chi connectivity index (χ3n) is 4.02. The number of aromatic amines is 1. The average molecular weight is 337 g/mol. The van der Waals surface area contributed by atoms with Crippen molar-refractivity contribution in [3.8, 4) is 11.1 Å². The minimum absolute atomic E-state index is 0.00351. The van der Waals surface area contributed by atoms with Crippen molar-refractivity contribution in [3.05, 3.63) is 40.7 Å². The highest BCUT2D eigenvalue weighted by molar-refractivity contribution is 6.45. The van der Waals surface area contributed by atoms with E-state index in [2.05, 4.69) is 10.1 Å². The molecule has 1 aliphatic heterocycles. The van der Waals surface area contributed by atoms with Crippen LogP contribution in [0.5, 0.6) is 0 Å². The first-order valence-electron chi connectivity index (χ1n) is 7.77. The first kappa shape index (κ1) is 13.0. The Hall–Kier alpha value is -1.49. The molecule has 1 unspecified atom stereocenters. The van der Waals surface area contributed by atoms with Gasteiger partial charge in [-0.2, -0.15) is 5.10 Å². The van der Waals surface area contributed by atoms with E-state index >= 15 is 0 Å². The summed E-state index contributed by atoms with van der Waals surface area (Å²) < 4.78 is 15.8. The molecule has 3 aromatic rings. The smallest absolute Gasteiger partial charge is 0.150 e. The Morgan fingerprint density at radius 2 is 2.32 bits per heavy atom. The van der Waals surface area contributed by atoms with Crippen LogP contribution in [0.2, 0.25) is 10.0 Å². The van der Waals surface area contributed by atoms with Crippen molar-refractivity contribution in [2.45, 2.75) is 25.5 Å². The third-order valence-corrected chi connectivity index (χ3v) is 4.80. The molecule has 4 rings (SSSR count). The lowest BCUT2D eigenvalue weighted by molar-refractivity contribution is -0.0394. The number of aromatic nitrogens is 3. The molecule has 0 spiro atoms. The molecule has 0 radical (unpaired) electrons. The van der Waals surface area contributed by atoms with Gasteiger partial charge in [0.25, 0.3) is 0 Å². The highest BCUT2D eigenvalue weighted by Crippen LogP contribution is 2.36. The van der Waals surface area contributed by atoms with Crippen LogP contribution in [-0.4, -0.2) is 21.4 Å². The number of ether oxygens (including phenoxy) is 1. The molecule has 1 aromatic carbocycles. The van der Waals surface area contributed by atoms with Crippen LogP contribution >= 0.6 is 23.2 Å². The summed E-state index contributed by atoms with van der Waals surface area (Å²) in [7, 11) is 0. The summed E-state index contributed by atoms with van der Waals surface area (Å²) in [4.78, 5) is 3.12. The lowest BCUT2D eigenvalue weighted by Gasteiger charge is -2.22. The van der Waals surface area contributed by atoms with E-state index in [1.807, 2.05) is 17.1 Å². The molecular formula is C16H15Cl2N3O. The van der Waals surface area contributed by atoms with E-state index in [1.54, 1.807) is 12.3 Å². The summed E-state index contributed by atoms with van der Waals surface area (Å²) in [6.45, 7) is 0.776. The van der Waals surface area contributed by atoms with Gasteiger partial charge in [0, 0.05) is 35.5 Å². The second kappa shape index (κ2) is 5.61. The zero-order chi connectivity index (χ0) is 16.0. The van der Waals surface area contributed by atoms with Crippen molar-refractivity contribution in [2.75, 3.05) is 6.61 Å². The lowest BCUT2D eigenvalue weighted by atomic mass is 10.1. The normalized spacial score (nSPS) is 19.5. The predicted octanol–water partition coefficient (Wildman–Crippen LogP) is 5.04. The van der Waals surface area contributed by atoms with Crippen molar-refractivity contribution in [2.24, 2.45) is 0 Å². The van der Waals surface area contributed by atoms with Crippen LogP contribution in [0.1, 0.15) is 26.9 Å². The molecule has 0 saturated carbocycles. The zero-order valence-electron chi connectivity index (χ0n) is 12.8. The second-order valence-electron chi connectivity index (χ2n) is 5.43. The van der Waals surface area contributed by atoms with Gasteiger partial charge in [0.2, 0.25) is 0 Å². The molecule has 2 aromatic heterocycles. The standard InChI is InChI=1S/C16H15Cl2N3O/c17-13-5-4-11-12(8-19-16(11)15(13)18)10-7-20-21(9-10)14-3-1-2-6-22-14/h4-5,7-9,14,19H,1-3,6H2/i4D. The Balaban J connectivity index is 1.78. The summed E-state index contributed by atoms with van der Waals surface area (Å²) in [6.07, 6.45) is 8.82. The molecule has 114 valence electrons. The fourth-order valence-corrected chi connectivity index (χ4v) is 3.21. The van der Waals surface area contributed by atoms with Gasteiger partial charge in [-0.05, 0) is 25.3 Å². The quantitative estimate of drug-likeness (QED) is 0.712. The molecule has 1 N–H and O–H groups in total. The molecule has 1 fully saturated rings. The number of hydrogen-bond donors (Lipinski definition) is 1. The maximum Gasteiger partial charge on any atom is 0.150 e. The summed E-state index contributed by atoms with van der Waals surface area (Å²) in [6, 6.07) is 1.91. The second-order valence-corrected chi connectivity index (χ2v) is 6.22. The van der Waals surface area contributed by atoms with E-state index in [1.165, 1.54) is 0 Å². The van der Waals surface area contributed by atoms with E-state index < -0.39 is 0 Å². The Bertz CT molecular complexity index is 868. The van der Waals surface area contributed by atoms with Crippen molar-refractivity contribution in [3.63, 3.8) is 0 Å². The fraction of sp³-hybridized carbons (Fsp3) is 0.312. The van der Waals surface area contributed by atoms with E-state index in [9.17, 15) is 0 Å². The molecule has 3 heterocycles. The molecule has 0 bridgehead atoms. The van der Waals surface area contributed by atoms with Crippen molar-refractivity contribution in [1.82, 2.24) is 14.8 Å². The minimum Gasteiger partial charge on any atom is -0.359 e. The van der Waals surface area contributed by atoms with Crippen LogP contribution in [0.3, 0.4) is 0 Å². The van der Waals surface area contributed by atoms with Crippen LogP contribution in [0.15, 0.2) is 30.7 Å². The van der Waals surface area contributed by atoms with E-state index in [0.717, 1.165) is 42.4 Å². The van der Waals surface area contributed by atoms with Gasteiger partial charge in [-0.1, -0.05) is 29.2 Å². The maximum atomic E-state index is 8.20. The maximum absolute atomic E-state index is 8.20. The summed E-state index contributed by atoms with van der Waals surface area (Å²) in [5.74, 6) is 0.